The van der Waals surface area contributed by atoms with Crippen LogP contribution in [0.3, 0.4) is 0 Å². The summed E-state index contributed by atoms with van der Waals surface area (Å²) in [7, 11) is 1.65. The number of aromatic nitrogens is 3. The van der Waals surface area contributed by atoms with Crippen LogP contribution in [-0.4, -0.2) is 21.9 Å². The summed E-state index contributed by atoms with van der Waals surface area (Å²) in [4.78, 5) is 4.09. The van der Waals surface area contributed by atoms with E-state index in [0.717, 1.165) is 29.2 Å². The van der Waals surface area contributed by atoms with Gasteiger partial charge < -0.3 is 10.5 Å². The Morgan fingerprint density at radius 3 is 2.88 bits per heavy atom. The lowest BCUT2D eigenvalue weighted by Crippen LogP contribution is -2.06. The van der Waals surface area contributed by atoms with Crippen molar-refractivity contribution >= 4 is 5.69 Å². The van der Waals surface area contributed by atoms with Crippen LogP contribution >= 0.6 is 0 Å². The predicted octanol–water partition coefficient (Wildman–Crippen LogP) is 1.48. The zero-order valence-corrected chi connectivity index (χ0v) is 10.1. The average Bonchev–Trinajstić information content (AvgIpc) is 2.74. The SMILES string of the molecule is CCn1ncc(OC)c1Cc1cnccc1N. The predicted molar refractivity (Wildman–Crippen MR) is 65.9 cm³/mol. The summed E-state index contributed by atoms with van der Waals surface area (Å²) in [5.41, 5.74) is 8.66. The number of hydrogen-bond acceptors (Lipinski definition) is 4. The van der Waals surface area contributed by atoms with Crippen molar-refractivity contribution in [2.24, 2.45) is 0 Å². The maximum absolute atomic E-state index is 5.91. The van der Waals surface area contributed by atoms with Crippen molar-refractivity contribution < 1.29 is 4.74 Å². The van der Waals surface area contributed by atoms with Crippen molar-refractivity contribution in [2.45, 2.75) is 19.9 Å². The van der Waals surface area contributed by atoms with Gasteiger partial charge in [-0.15, -0.1) is 0 Å². The number of nitrogens with two attached hydrogens (primary N) is 1. The monoisotopic (exact) mass is 232 g/mol. The van der Waals surface area contributed by atoms with E-state index in [1.54, 1.807) is 31.8 Å². The molecule has 5 heteroatoms. The van der Waals surface area contributed by atoms with E-state index in [1.165, 1.54) is 0 Å². The van der Waals surface area contributed by atoms with Crippen LogP contribution < -0.4 is 10.5 Å². The van der Waals surface area contributed by atoms with Crippen LogP contribution in [-0.2, 0) is 13.0 Å². The zero-order valence-electron chi connectivity index (χ0n) is 10.1. The minimum atomic E-state index is 0.677. The van der Waals surface area contributed by atoms with Crippen molar-refractivity contribution in [3.63, 3.8) is 0 Å². The third-order valence-electron chi connectivity index (χ3n) is 2.73. The quantitative estimate of drug-likeness (QED) is 0.867. The van der Waals surface area contributed by atoms with Crippen LogP contribution in [0.5, 0.6) is 5.75 Å². The maximum Gasteiger partial charge on any atom is 0.160 e. The van der Waals surface area contributed by atoms with Crippen LogP contribution in [0.25, 0.3) is 0 Å². The van der Waals surface area contributed by atoms with Crippen LogP contribution in [0.1, 0.15) is 18.2 Å². The second-order valence-corrected chi connectivity index (χ2v) is 3.73. The highest BCUT2D eigenvalue weighted by atomic mass is 16.5. The molecule has 0 aliphatic rings. The van der Waals surface area contributed by atoms with Gasteiger partial charge in [-0.25, -0.2) is 0 Å². The first-order valence-electron chi connectivity index (χ1n) is 5.53. The van der Waals surface area contributed by atoms with Gasteiger partial charge in [-0.1, -0.05) is 0 Å². The molecule has 0 aromatic carbocycles. The summed E-state index contributed by atoms with van der Waals surface area (Å²) in [6, 6.07) is 1.80. The molecular weight excluding hydrogens is 216 g/mol. The Kier molecular flexibility index (Phi) is 3.27. The Bertz CT molecular complexity index is 485. The lowest BCUT2D eigenvalue weighted by molar-refractivity contribution is 0.408. The van der Waals surface area contributed by atoms with Gasteiger partial charge in [0.25, 0.3) is 0 Å². The summed E-state index contributed by atoms with van der Waals surface area (Å²) in [6.07, 6.45) is 5.87. The molecule has 5 nitrogen and oxygen atoms in total. The molecule has 0 aliphatic heterocycles. The van der Waals surface area contributed by atoms with Crippen molar-refractivity contribution in [1.82, 2.24) is 14.8 Å². The van der Waals surface area contributed by atoms with Crippen LogP contribution in [0.15, 0.2) is 24.7 Å². The van der Waals surface area contributed by atoms with Gasteiger partial charge in [0.2, 0.25) is 0 Å². The van der Waals surface area contributed by atoms with Crippen LogP contribution in [0.2, 0.25) is 0 Å². The molecule has 0 bridgehead atoms. The molecule has 2 N–H and O–H groups in total. The van der Waals surface area contributed by atoms with E-state index in [2.05, 4.69) is 10.1 Å². The fraction of sp³-hybridized carbons (Fsp3) is 0.333. The summed E-state index contributed by atoms with van der Waals surface area (Å²) < 4.78 is 7.20. The highest BCUT2D eigenvalue weighted by Crippen LogP contribution is 2.23. The molecule has 0 saturated heterocycles. The number of hydrogen-bond donors (Lipinski definition) is 1. The van der Waals surface area contributed by atoms with Crippen LogP contribution in [0.4, 0.5) is 5.69 Å². The van der Waals surface area contributed by atoms with Gasteiger partial charge in [-0.2, -0.15) is 5.10 Å². The highest BCUT2D eigenvalue weighted by Gasteiger charge is 2.12. The van der Waals surface area contributed by atoms with Gasteiger partial charge in [-0.05, 0) is 18.6 Å². The number of nitrogens with zero attached hydrogens (tertiary/aromatic N) is 3. The first-order chi connectivity index (χ1) is 8.26. The molecule has 2 aromatic rings. The Hall–Kier alpha value is -2.04. The Balaban J connectivity index is 2.35. The topological polar surface area (TPSA) is 66.0 Å². The largest absolute Gasteiger partial charge is 0.493 e. The van der Waals surface area contributed by atoms with Crippen molar-refractivity contribution in [2.75, 3.05) is 12.8 Å². The number of methoxy groups -OCH3 is 1. The standard InChI is InChI=1S/C12H16N4O/c1-3-16-11(12(17-2)8-15-16)6-9-7-14-5-4-10(9)13/h4-5,7-8H,3,6H2,1-2H3,(H2,13,14). The summed E-state index contributed by atoms with van der Waals surface area (Å²) in [6.45, 7) is 2.85. The van der Waals surface area contributed by atoms with E-state index >= 15 is 0 Å². The molecule has 0 fully saturated rings. The zero-order chi connectivity index (χ0) is 12.3. The Morgan fingerprint density at radius 2 is 2.24 bits per heavy atom. The van der Waals surface area contributed by atoms with Gasteiger partial charge in [-0.3, -0.25) is 9.67 Å². The second kappa shape index (κ2) is 4.86. The highest BCUT2D eigenvalue weighted by molar-refractivity contribution is 5.47. The van der Waals surface area contributed by atoms with E-state index in [0.29, 0.717) is 6.42 Å². The Morgan fingerprint density at radius 1 is 1.41 bits per heavy atom. The molecule has 2 rings (SSSR count). The Labute approximate surface area is 100 Å². The van der Waals surface area contributed by atoms with E-state index in [4.69, 9.17) is 10.5 Å². The molecular formula is C12H16N4O. The van der Waals surface area contributed by atoms with E-state index < -0.39 is 0 Å². The normalized spacial score (nSPS) is 10.5. The lowest BCUT2D eigenvalue weighted by atomic mass is 10.1. The smallest absolute Gasteiger partial charge is 0.160 e. The van der Waals surface area contributed by atoms with E-state index in [9.17, 15) is 0 Å². The molecule has 0 saturated carbocycles. The molecule has 0 spiro atoms. The number of anilines is 1. The number of aryl methyl sites for hydroxylation is 1. The summed E-state index contributed by atoms with van der Waals surface area (Å²) in [5.74, 6) is 0.787. The molecule has 0 amide bonds. The van der Waals surface area contributed by atoms with Crippen molar-refractivity contribution in [1.29, 1.82) is 0 Å². The molecule has 0 atom stereocenters. The van der Waals surface area contributed by atoms with Crippen LogP contribution in [0, 0.1) is 0 Å². The molecule has 0 radical (unpaired) electrons. The van der Waals surface area contributed by atoms with E-state index in [1.807, 2.05) is 11.6 Å². The maximum atomic E-state index is 5.91. The van der Waals surface area contributed by atoms with Gasteiger partial charge >= 0.3 is 0 Å². The second-order valence-electron chi connectivity index (χ2n) is 3.73. The van der Waals surface area contributed by atoms with Crippen molar-refractivity contribution in [3.05, 3.63) is 35.9 Å². The number of pyridine rings is 1. The van der Waals surface area contributed by atoms with Gasteiger partial charge in [0, 0.05) is 31.0 Å². The molecule has 2 heterocycles. The fourth-order valence-electron chi connectivity index (χ4n) is 1.78. The van der Waals surface area contributed by atoms with Gasteiger partial charge in [0.15, 0.2) is 5.75 Å². The number of ether oxygens (including phenoxy) is 1. The number of rotatable bonds is 4. The third kappa shape index (κ3) is 2.22. The minimum absolute atomic E-state index is 0.677. The molecule has 0 aliphatic carbocycles. The summed E-state index contributed by atoms with van der Waals surface area (Å²) in [5, 5.41) is 4.26. The summed E-state index contributed by atoms with van der Waals surface area (Å²) >= 11 is 0. The molecule has 17 heavy (non-hydrogen) atoms. The number of nitrogen functional groups attached to an aromatic ring is 1. The molecule has 90 valence electrons. The fourth-order valence-corrected chi connectivity index (χ4v) is 1.78. The van der Waals surface area contributed by atoms with Gasteiger partial charge in [0.1, 0.15) is 0 Å². The molecule has 0 unspecified atom stereocenters. The average molecular weight is 232 g/mol. The van der Waals surface area contributed by atoms with Gasteiger partial charge in [0.05, 0.1) is 19.0 Å². The lowest BCUT2D eigenvalue weighted by Gasteiger charge is -2.08. The third-order valence-corrected chi connectivity index (χ3v) is 2.73. The van der Waals surface area contributed by atoms with E-state index in [-0.39, 0.29) is 0 Å². The molecule has 2 aromatic heterocycles. The first kappa shape index (κ1) is 11.4. The first-order valence-corrected chi connectivity index (χ1v) is 5.53. The van der Waals surface area contributed by atoms with Crippen molar-refractivity contribution in [3.8, 4) is 5.75 Å². The minimum Gasteiger partial charge on any atom is -0.493 e.